The SMILES string of the molecule is COC(=O)c1ccc(-c2nc(-c3ccccc3Cl)c(-c3ccc(N4CCOCC4)cc3)o2)cc1. The molecule has 0 saturated carbocycles. The minimum absolute atomic E-state index is 0.392. The molecular formula is C27H23ClN2O4. The van der Waals surface area contributed by atoms with Crippen LogP contribution in [0.5, 0.6) is 0 Å². The van der Waals surface area contributed by atoms with Crippen molar-refractivity contribution in [1.29, 1.82) is 0 Å². The highest BCUT2D eigenvalue weighted by Gasteiger charge is 2.21. The average molecular weight is 475 g/mol. The molecule has 6 nitrogen and oxygen atoms in total. The summed E-state index contributed by atoms with van der Waals surface area (Å²) in [5.74, 6) is 0.684. The largest absolute Gasteiger partial charge is 0.465 e. The van der Waals surface area contributed by atoms with E-state index in [1.165, 1.54) is 7.11 Å². The van der Waals surface area contributed by atoms with E-state index in [2.05, 4.69) is 17.0 Å². The molecule has 7 heteroatoms. The number of oxazole rings is 1. The van der Waals surface area contributed by atoms with Gasteiger partial charge in [0.1, 0.15) is 5.69 Å². The Morgan fingerprint density at radius 2 is 1.62 bits per heavy atom. The Kier molecular flexibility index (Phi) is 6.34. The van der Waals surface area contributed by atoms with E-state index in [9.17, 15) is 4.79 Å². The number of nitrogens with zero attached hydrogens (tertiary/aromatic N) is 2. The van der Waals surface area contributed by atoms with Gasteiger partial charge in [-0.1, -0.05) is 29.8 Å². The van der Waals surface area contributed by atoms with E-state index in [0.717, 1.165) is 48.7 Å². The molecule has 1 saturated heterocycles. The number of morpholine rings is 1. The fourth-order valence-corrected chi connectivity index (χ4v) is 4.21. The Labute approximate surface area is 202 Å². The summed E-state index contributed by atoms with van der Waals surface area (Å²) < 4.78 is 16.5. The first-order valence-corrected chi connectivity index (χ1v) is 11.4. The van der Waals surface area contributed by atoms with Crippen LogP contribution in [-0.4, -0.2) is 44.4 Å². The van der Waals surface area contributed by atoms with Gasteiger partial charge >= 0.3 is 5.97 Å². The highest BCUT2D eigenvalue weighted by atomic mass is 35.5. The molecule has 34 heavy (non-hydrogen) atoms. The highest BCUT2D eigenvalue weighted by Crippen LogP contribution is 2.39. The monoisotopic (exact) mass is 474 g/mol. The molecule has 1 aromatic heterocycles. The number of benzene rings is 3. The molecular weight excluding hydrogens is 452 g/mol. The molecule has 3 aromatic carbocycles. The molecule has 0 bridgehead atoms. The van der Waals surface area contributed by atoms with Gasteiger partial charge in [-0.2, -0.15) is 0 Å². The summed E-state index contributed by atoms with van der Waals surface area (Å²) in [6.07, 6.45) is 0. The van der Waals surface area contributed by atoms with Crippen molar-refractivity contribution >= 4 is 23.3 Å². The molecule has 0 radical (unpaired) electrons. The van der Waals surface area contributed by atoms with Gasteiger partial charge < -0.3 is 18.8 Å². The van der Waals surface area contributed by atoms with Crippen molar-refractivity contribution in [3.05, 3.63) is 83.4 Å². The van der Waals surface area contributed by atoms with Crippen molar-refractivity contribution in [1.82, 2.24) is 4.98 Å². The second kappa shape index (κ2) is 9.71. The molecule has 172 valence electrons. The van der Waals surface area contributed by atoms with Crippen LogP contribution < -0.4 is 4.90 Å². The number of esters is 1. The molecule has 5 rings (SSSR count). The second-order valence-electron chi connectivity index (χ2n) is 7.89. The minimum atomic E-state index is -0.392. The van der Waals surface area contributed by atoms with Crippen LogP contribution >= 0.6 is 11.6 Å². The predicted octanol–water partition coefficient (Wildman–Crippen LogP) is 5.95. The number of hydrogen-bond donors (Lipinski definition) is 0. The zero-order valence-corrected chi connectivity index (χ0v) is 19.4. The van der Waals surface area contributed by atoms with Gasteiger partial charge in [-0.15, -0.1) is 0 Å². The molecule has 4 aromatic rings. The van der Waals surface area contributed by atoms with Gasteiger partial charge in [-0.3, -0.25) is 0 Å². The molecule has 1 aliphatic heterocycles. The quantitative estimate of drug-likeness (QED) is 0.333. The zero-order chi connectivity index (χ0) is 23.5. The number of carbonyl (C=O) groups excluding carboxylic acids is 1. The standard InChI is InChI=1S/C27H23ClN2O4/c1-32-27(31)20-8-6-19(7-9-20)26-29-24(22-4-2-3-5-23(22)28)25(34-26)18-10-12-21(13-11-18)30-14-16-33-17-15-30/h2-13H,14-17H2,1H3. The molecule has 0 spiro atoms. The molecule has 1 aliphatic rings. The fraction of sp³-hybridized carbons (Fsp3) is 0.185. The molecule has 0 aliphatic carbocycles. The van der Waals surface area contributed by atoms with Gasteiger partial charge in [0.2, 0.25) is 5.89 Å². The number of rotatable bonds is 5. The van der Waals surface area contributed by atoms with E-state index in [0.29, 0.717) is 27.9 Å². The number of aromatic nitrogens is 1. The number of anilines is 1. The van der Waals surface area contributed by atoms with E-state index in [1.54, 1.807) is 24.3 Å². The lowest BCUT2D eigenvalue weighted by Gasteiger charge is -2.28. The Balaban J connectivity index is 1.55. The number of carbonyl (C=O) groups is 1. The summed E-state index contributed by atoms with van der Waals surface area (Å²) >= 11 is 6.52. The molecule has 0 atom stereocenters. The van der Waals surface area contributed by atoms with E-state index >= 15 is 0 Å². The summed E-state index contributed by atoms with van der Waals surface area (Å²) in [5, 5.41) is 0.592. The summed E-state index contributed by atoms with van der Waals surface area (Å²) in [6, 6.07) is 22.8. The summed E-state index contributed by atoms with van der Waals surface area (Å²) in [5.41, 5.74) is 4.70. The van der Waals surface area contributed by atoms with Crippen LogP contribution in [0.3, 0.4) is 0 Å². The van der Waals surface area contributed by atoms with E-state index < -0.39 is 5.97 Å². The smallest absolute Gasteiger partial charge is 0.337 e. The lowest BCUT2D eigenvalue weighted by molar-refractivity contribution is 0.0600. The van der Waals surface area contributed by atoms with Crippen molar-refractivity contribution in [2.24, 2.45) is 0 Å². The van der Waals surface area contributed by atoms with E-state index in [4.69, 9.17) is 30.5 Å². The molecule has 0 amide bonds. The Bertz CT molecular complexity index is 1290. The topological polar surface area (TPSA) is 64.8 Å². The van der Waals surface area contributed by atoms with Crippen LogP contribution in [0.1, 0.15) is 10.4 Å². The second-order valence-corrected chi connectivity index (χ2v) is 8.30. The molecule has 0 unspecified atom stereocenters. The van der Waals surface area contributed by atoms with Gasteiger partial charge in [-0.25, -0.2) is 9.78 Å². The van der Waals surface area contributed by atoms with Crippen molar-refractivity contribution in [2.75, 3.05) is 38.3 Å². The molecule has 1 fully saturated rings. The molecule has 0 N–H and O–H groups in total. The third kappa shape index (κ3) is 4.42. The van der Waals surface area contributed by atoms with Gasteiger partial charge in [-0.05, 0) is 54.6 Å². The van der Waals surface area contributed by atoms with Crippen LogP contribution in [0.4, 0.5) is 5.69 Å². The maximum absolute atomic E-state index is 11.8. The first kappa shape index (κ1) is 22.2. The summed E-state index contributed by atoms with van der Waals surface area (Å²) in [6.45, 7) is 3.22. The maximum atomic E-state index is 11.8. The van der Waals surface area contributed by atoms with Crippen molar-refractivity contribution in [3.8, 4) is 34.0 Å². The summed E-state index contributed by atoms with van der Waals surface area (Å²) in [7, 11) is 1.36. The minimum Gasteiger partial charge on any atom is -0.465 e. The van der Waals surface area contributed by atoms with Crippen molar-refractivity contribution in [3.63, 3.8) is 0 Å². The zero-order valence-electron chi connectivity index (χ0n) is 18.7. The number of ether oxygens (including phenoxy) is 2. The maximum Gasteiger partial charge on any atom is 0.337 e. The van der Waals surface area contributed by atoms with Gasteiger partial charge in [0.15, 0.2) is 5.76 Å². The predicted molar refractivity (Wildman–Crippen MR) is 132 cm³/mol. The van der Waals surface area contributed by atoms with Gasteiger partial charge in [0.25, 0.3) is 0 Å². The molecule has 2 heterocycles. The van der Waals surface area contributed by atoms with Crippen molar-refractivity contribution < 1.29 is 18.7 Å². The fourth-order valence-electron chi connectivity index (χ4n) is 3.99. The van der Waals surface area contributed by atoms with Gasteiger partial charge in [0.05, 0.1) is 30.9 Å². The number of halogens is 1. The average Bonchev–Trinajstić information content (AvgIpc) is 3.34. The lowest BCUT2D eigenvalue weighted by atomic mass is 10.1. The van der Waals surface area contributed by atoms with Crippen LogP contribution in [0.15, 0.2) is 77.2 Å². The first-order valence-electron chi connectivity index (χ1n) is 11.0. The lowest BCUT2D eigenvalue weighted by Crippen LogP contribution is -2.36. The van der Waals surface area contributed by atoms with E-state index in [-0.39, 0.29) is 0 Å². The Hall–Kier alpha value is -3.61. The van der Waals surface area contributed by atoms with Crippen molar-refractivity contribution in [2.45, 2.75) is 0 Å². The Morgan fingerprint density at radius 1 is 0.941 bits per heavy atom. The summed E-state index contributed by atoms with van der Waals surface area (Å²) in [4.78, 5) is 18.9. The van der Waals surface area contributed by atoms with Crippen LogP contribution in [0.2, 0.25) is 5.02 Å². The number of methoxy groups -OCH3 is 1. The third-order valence-electron chi connectivity index (χ3n) is 5.81. The Morgan fingerprint density at radius 3 is 2.29 bits per heavy atom. The van der Waals surface area contributed by atoms with Crippen LogP contribution in [0.25, 0.3) is 34.0 Å². The third-order valence-corrected chi connectivity index (χ3v) is 6.14. The normalized spacial score (nSPS) is 13.6. The first-order chi connectivity index (χ1) is 16.6. The van der Waals surface area contributed by atoms with Gasteiger partial charge in [0, 0.05) is 35.5 Å². The van der Waals surface area contributed by atoms with E-state index in [1.807, 2.05) is 36.4 Å². The van der Waals surface area contributed by atoms with Crippen LogP contribution in [0, 0.1) is 0 Å². The van der Waals surface area contributed by atoms with Crippen LogP contribution in [-0.2, 0) is 9.47 Å². The highest BCUT2D eigenvalue weighted by molar-refractivity contribution is 6.33. The number of hydrogen-bond acceptors (Lipinski definition) is 6.